The van der Waals surface area contributed by atoms with E-state index in [1.54, 1.807) is 13.8 Å². The van der Waals surface area contributed by atoms with Crippen molar-refractivity contribution < 1.29 is 34.2 Å². The SMILES string of the molecule is CC(C)C(N)C(=O)NC(CCCCN)C(=O)NC(CC(N)=O)C(=O)NC(Cc1ccc(O)cc1)C(=O)O. The molecule has 0 aliphatic heterocycles. The number of carboxylic acids is 1. The van der Waals surface area contributed by atoms with Gasteiger partial charge in [-0.3, -0.25) is 19.2 Å². The van der Waals surface area contributed by atoms with Gasteiger partial charge < -0.3 is 43.4 Å². The molecule has 0 aromatic heterocycles. The Labute approximate surface area is 215 Å². The number of nitrogens with two attached hydrogens (primary N) is 3. The third-order valence-corrected chi connectivity index (χ3v) is 5.63. The maximum absolute atomic E-state index is 13.0. The van der Waals surface area contributed by atoms with E-state index >= 15 is 0 Å². The molecule has 0 aliphatic carbocycles. The monoisotopic (exact) mass is 522 g/mol. The summed E-state index contributed by atoms with van der Waals surface area (Å²) in [5, 5.41) is 26.3. The van der Waals surface area contributed by atoms with E-state index in [1.807, 2.05) is 0 Å². The maximum atomic E-state index is 13.0. The Morgan fingerprint density at radius 2 is 1.41 bits per heavy atom. The van der Waals surface area contributed by atoms with E-state index in [9.17, 15) is 34.2 Å². The van der Waals surface area contributed by atoms with Gasteiger partial charge >= 0.3 is 5.97 Å². The molecule has 13 heteroatoms. The van der Waals surface area contributed by atoms with Gasteiger partial charge in [0.1, 0.15) is 23.9 Å². The van der Waals surface area contributed by atoms with Crippen molar-refractivity contribution in [2.45, 2.75) is 70.1 Å². The molecular weight excluding hydrogens is 484 g/mol. The molecule has 4 amide bonds. The highest BCUT2D eigenvalue weighted by atomic mass is 16.4. The molecule has 1 aromatic rings. The van der Waals surface area contributed by atoms with Crippen LogP contribution < -0.4 is 33.2 Å². The van der Waals surface area contributed by atoms with E-state index in [2.05, 4.69) is 16.0 Å². The van der Waals surface area contributed by atoms with Gasteiger partial charge in [0.25, 0.3) is 0 Å². The van der Waals surface area contributed by atoms with Crippen LogP contribution in [0.1, 0.15) is 45.1 Å². The largest absolute Gasteiger partial charge is 0.508 e. The number of carbonyl (C=O) groups excluding carboxylic acids is 4. The zero-order chi connectivity index (χ0) is 28.1. The number of nitrogens with one attached hydrogen (secondary N) is 3. The second-order valence-electron chi connectivity index (χ2n) is 9.12. The number of carbonyl (C=O) groups is 5. The van der Waals surface area contributed by atoms with Crippen molar-refractivity contribution in [1.82, 2.24) is 16.0 Å². The van der Waals surface area contributed by atoms with Crippen molar-refractivity contribution in [1.29, 1.82) is 0 Å². The molecule has 0 fully saturated rings. The molecule has 0 saturated carbocycles. The first kappa shape index (κ1) is 31.3. The van der Waals surface area contributed by atoms with E-state index in [0.717, 1.165) is 0 Å². The lowest BCUT2D eigenvalue weighted by atomic mass is 10.0. The fourth-order valence-corrected chi connectivity index (χ4v) is 3.36. The molecule has 0 bridgehead atoms. The minimum absolute atomic E-state index is 0.00801. The fourth-order valence-electron chi connectivity index (χ4n) is 3.36. The summed E-state index contributed by atoms with van der Waals surface area (Å²) in [6, 6.07) is 0.915. The number of benzene rings is 1. The molecule has 0 aliphatic rings. The standard InChI is InChI=1S/C24H38N6O7/c1-13(2)20(27)23(35)28-16(5-3-4-10-25)21(33)29-17(12-19(26)32)22(34)30-18(24(36)37)11-14-6-8-15(31)9-7-14/h6-9,13,16-18,20,31H,3-5,10-12,25,27H2,1-2H3,(H2,26,32)(H,28,35)(H,29,33)(H,30,34)(H,36,37). The van der Waals surface area contributed by atoms with Gasteiger partial charge in [-0.2, -0.15) is 0 Å². The van der Waals surface area contributed by atoms with Crippen molar-refractivity contribution in [3.8, 4) is 5.75 Å². The van der Waals surface area contributed by atoms with Gasteiger partial charge in [0, 0.05) is 6.42 Å². The van der Waals surface area contributed by atoms with Gasteiger partial charge in [-0.05, 0) is 49.4 Å². The number of primary amides is 1. The molecule has 1 aromatic carbocycles. The average Bonchev–Trinajstić information content (AvgIpc) is 2.82. The number of aliphatic carboxylic acids is 1. The van der Waals surface area contributed by atoms with Crippen LogP contribution in [0.4, 0.5) is 0 Å². The van der Waals surface area contributed by atoms with Crippen molar-refractivity contribution in [3.63, 3.8) is 0 Å². The Hall–Kier alpha value is -3.71. The lowest BCUT2D eigenvalue weighted by molar-refractivity contribution is -0.142. The highest BCUT2D eigenvalue weighted by Gasteiger charge is 2.31. The first-order valence-corrected chi connectivity index (χ1v) is 12.0. The first-order valence-electron chi connectivity index (χ1n) is 12.0. The van der Waals surface area contributed by atoms with Gasteiger partial charge in [-0.1, -0.05) is 26.0 Å². The minimum atomic E-state index is -1.49. The average molecular weight is 523 g/mol. The summed E-state index contributed by atoms with van der Waals surface area (Å²) < 4.78 is 0. The van der Waals surface area contributed by atoms with Crippen LogP contribution in [0.5, 0.6) is 5.75 Å². The molecule has 0 saturated heterocycles. The number of hydrogen-bond acceptors (Lipinski definition) is 8. The molecule has 0 radical (unpaired) electrons. The van der Waals surface area contributed by atoms with E-state index in [-0.39, 0.29) is 24.5 Å². The van der Waals surface area contributed by atoms with Gasteiger partial charge in [0.2, 0.25) is 23.6 Å². The predicted molar refractivity (Wildman–Crippen MR) is 135 cm³/mol. The Balaban J connectivity index is 3.03. The molecule has 11 N–H and O–H groups in total. The molecule has 206 valence electrons. The van der Waals surface area contributed by atoms with E-state index < -0.39 is 60.2 Å². The maximum Gasteiger partial charge on any atom is 0.326 e. The summed E-state index contributed by atoms with van der Waals surface area (Å²) in [5.41, 5.74) is 17.2. The zero-order valence-electron chi connectivity index (χ0n) is 21.1. The minimum Gasteiger partial charge on any atom is -0.508 e. The summed E-state index contributed by atoms with van der Waals surface area (Å²) in [7, 11) is 0. The number of phenols is 1. The summed E-state index contributed by atoms with van der Waals surface area (Å²) >= 11 is 0. The van der Waals surface area contributed by atoms with Crippen LogP contribution >= 0.6 is 0 Å². The topological polar surface area (TPSA) is 240 Å². The summed E-state index contributed by atoms with van der Waals surface area (Å²) in [5.74, 6) is -4.71. The van der Waals surface area contributed by atoms with Crippen molar-refractivity contribution in [2.24, 2.45) is 23.1 Å². The van der Waals surface area contributed by atoms with Crippen molar-refractivity contribution in [2.75, 3.05) is 6.54 Å². The third-order valence-electron chi connectivity index (χ3n) is 5.63. The fraction of sp³-hybridized carbons (Fsp3) is 0.542. The number of carboxylic acid groups (broad SMARTS) is 1. The van der Waals surface area contributed by atoms with Crippen LogP contribution in [-0.2, 0) is 30.4 Å². The second-order valence-corrected chi connectivity index (χ2v) is 9.12. The quantitative estimate of drug-likeness (QED) is 0.117. The van der Waals surface area contributed by atoms with Crippen LogP contribution in [0.2, 0.25) is 0 Å². The number of amides is 4. The number of rotatable bonds is 16. The molecule has 37 heavy (non-hydrogen) atoms. The van der Waals surface area contributed by atoms with E-state index in [4.69, 9.17) is 17.2 Å². The summed E-state index contributed by atoms with van der Waals surface area (Å²) in [6.07, 6.45) is 0.551. The zero-order valence-corrected chi connectivity index (χ0v) is 21.1. The molecule has 13 nitrogen and oxygen atoms in total. The predicted octanol–water partition coefficient (Wildman–Crippen LogP) is -1.54. The number of aromatic hydroxyl groups is 1. The molecule has 1 rings (SSSR count). The normalized spacial score (nSPS) is 14.2. The molecule has 0 spiro atoms. The highest BCUT2D eigenvalue weighted by molar-refractivity contribution is 5.96. The molecular formula is C24H38N6O7. The van der Waals surface area contributed by atoms with E-state index in [1.165, 1.54) is 24.3 Å². The third kappa shape index (κ3) is 11.3. The first-order chi connectivity index (χ1) is 17.3. The van der Waals surface area contributed by atoms with Crippen LogP contribution in [0.25, 0.3) is 0 Å². The Bertz CT molecular complexity index is 938. The number of phenolic OH excluding ortho intramolecular Hbond substituents is 1. The highest BCUT2D eigenvalue weighted by Crippen LogP contribution is 2.12. The lowest BCUT2D eigenvalue weighted by Crippen LogP contribution is -2.58. The Kier molecular flexibility index (Phi) is 13.0. The van der Waals surface area contributed by atoms with Crippen molar-refractivity contribution in [3.05, 3.63) is 29.8 Å². The van der Waals surface area contributed by atoms with Gasteiger partial charge in [-0.25, -0.2) is 4.79 Å². The van der Waals surface area contributed by atoms with Crippen LogP contribution in [0, 0.1) is 5.92 Å². The molecule has 4 unspecified atom stereocenters. The second kappa shape index (κ2) is 15.4. The van der Waals surface area contributed by atoms with E-state index in [0.29, 0.717) is 24.9 Å². The van der Waals surface area contributed by atoms with Crippen LogP contribution in [0.15, 0.2) is 24.3 Å². The van der Waals surface area contributed by atoms with Crippen molar-refractivity contribution >= 4 is 29.6 Å². The summed E-state index contributed by atoms with van der Waals surface area (Å²) in [4.78, 5) is 61.8. The Morgan fingerprint density at radius 1 is 0.865 bits per heavy atom. The van der Waals surface area contributed by atoms with Crippen LogP contribution in [0.3, 0.4) is 0 Å². The smallest absolute Gasteiger partial charge is 0.326 e. The Morgan fingerprint density at radius 3 is 1.92 bits per heavy atom. The number of unbranched alkanes of at least 4 members (excludes halogenated alkanes) is 1. The van der Waals surface area contributed by atoms with Gasteiger partial charge in [-0.15, -0.1) is 0 Å². The molecule has 4 atom stereocenters. The molecule has 0 heterocycles. The number of hydrogen-bond donors (Lipinski definition) is 8. The van der Waals surface area contributed by atoms with Crippen LogP contribution in [-0.4, -0.2) is 70.5 Å². The summed E-state index contributed by atoms with van der Waals surface area (Å²) in [6.45, 7) is 3.87. The van der Waals surface area contributed by atoms with Gasteiger partial charge in [0.05, 0.1) is 12.5 Å². The lowest BCUT2D eigenvalue weighted by Gasteiger charge is -2.25. The van der Waals surface area contributed by atoms with Gasteiger partial charge in [0.15, 0.2) is 0 Å².